The van der Waals surface area contributed by atoms with Crippen molar-refractivity contribution in [3.05, 3.63) is 53.9 Å². The van der Waals surface area contributed by atoms with Crippen LogP contribution in [0, 0.1) is 0 Å². The summed E-state index contributed by atoms with van der Waals surface area (Å²) in [4.78, 5) is 4.23. The zero-order valence-electron chi connectivity index (χ0n) is 9.56. The lowest BCUT2D eigenvalue weighted by Gasteiger charge is -2.06. The summed E-state index contributed by atoms with van der Waals surface area (Å²) >= 11 is 5.71. The molecule has 2 aromatic heterocycles. The van der Waals surface area contributed by atoms with Gasteiger partial charge in [0.15, 0.2) is 0 Å². The molecule has 96 valence electrons. The maximum absolute atomic E-state index is 12.5. The van der Waals surface area contributed by atoms with Crippen LogP contribution < -0.4 is 0 Å². The van der Waals surface area contributed by atoms with Gasteiger partial charge in [-0.05, 0) is 12.1 Å². The van der Waals surface area contributed by atoms with Crippen LogP contribution in [0.1, 0.15) is 0 Å². The molecule has 5 nitrogen and oxygen atoms in total. The summed E-state index contributed by atoms with van der Waals surface area (Å²) in [5.41, 5.74) is 0.414. The number of fused-ring (bicyclic) bond motifs is 1. The summed E-state index contributed by atoms with van der Waals surface area (Å²) in [7, 11) is -3.79. The Balaban J connectivity index is 2.30. The van der Waals surface area contributed by atoms with Crippen LogP contribution in [0.5, 0.6) is 0 Å². The van der Waals surface area contributed by atoms with E-state index in [1.54, 1.807) is 30.5 Å². The lowest BCUT2D eigenvalue weighted by molar-refractivity contribution is 0.581. The van der Waals surface area contributed by atoms with Gasteiger partial charge in [0.25, 0.3) is 10.0 Å². The fraction of sp³-hybridized carbons (Fsp3) is 0. The highest BCUT2D eigenvalue weighted by molar-refractivity contribution is 7.90. The van der Waals surface area contributed by atoms with E-state index < -0.39 is 10.0 Å². The molecular weight excluding hydrogens is 286 g/mol. The lowest BCUT2D eigenvalue weighted by atomic mass is 10.2. The number of hydrogen-bond donors (Lipinski definition) is 0. The van der Waals surface area contributed by atoms with Crippen LogP contribution in [-0.2, 0) is 10.0 Å². The molecule has 0 fully saturated rings. The number of hydrogen-bond acceptors (Lipinski definition) is 4. The predicted octanol–water partition coefficient (Wildman–Crippen LogP) is 2.32. The monoisotopic (exact) mass is 293 g/mol. The van der Waals surface area contributed by atoms with Crippen molar-refractivity contribution in [3.8, 4) is 0 Å². The molecule has 1 aromatic carbocycles. The lowest BCUT2D eigenvalue weighted by Crippen LogP contribution is -2.14. The van der Waals surface area contributed by atoms with E-state index in [0.717, 1.165) is 9.47 Å². The Kier molecular flexibility index (Phi) is 2.76. The van der Waals surface area contributed by atoms with Crippen molar-refractivity contribution >= 4 is 32.5 Å². The Hall–Kier alpha value is -1.92. The molecule has 0 bridgehead atoms. The molecule has 0 aliphatic heterocycles. The van der Waals surface area contributed by atoms with Crippen molar-refractivity contribution in [2.75, 3.05) is 0 Å². The van der Waals surface area contributed by atoms with Gasteiger partial charge in [0, 0.05) is 11.6 Å². The van der Waals surface area contributed by atoms with Gasteiger partial charge in [0.2, 0.25) is 0 Å². The van der Waals surface area contributed by atoms with Gasteiger partial charge >= 0.3 is 0 Å². The van der Waals surface area contributed by atoms with Crippen LogP contribution in [0.4, 0.5) is 0 Å². The van der Waals surface area contributed by atoms with Gasteiger partial charge < -0.3 is 0 Å². The average Bonchev–Trinajstić information content (AvgIpc) is 2.85. The zero-order chi connectivity index (χ0) is 13.5. The Morgan fingerprint density at radius 2 is 1.95 bits per heavy atom. The Bertz CT molecular complexity index is 853. The second-order valence-corrected chi connectivity index (χ2v) is 6.07. The predicted molar refractivity (Wildman–Crippen MR) is 71.6 cm³/mol. The highest BCUT2D eigenvalue weighted by Gasteiger charge is 2.21. The maximum Gasteiger partial charge on any atom is 0.285 e. The van der Waals surface area contributed by atoms with Gasteiger partial charge in [-0.1, -0.05) is 29.8 Å². The van der Waals surface area contributed by atoms with Crippen molar-refractivity contribution in [1.82, 2.24) is 14.2 Å². The molecule has 0 spiro atoms. The second-order valence-electron chi connectivity index (χ2n) is 3.87. The number of rotatable bonds is 2. The van der Waals surface area contributed by atoms with Crippen LogP contribution in [0.2, 0.25) is 5.02 Å². The molecular formula is C12H8ClN3O2S. The van der Waals surface area contributed by atoms with Crippen molar-refractivity contribution < 1.29 is 8.42 Å². The van der Waals surface area contributed by atoms with Crippen LogP contribution in [-0.4, -0.2) is 22.6 Å². The topological polar surface area (TPSA) is 64.8 Å². The summed E-state index contributed by atoms with van der Waals surface area (Å²) in [5.74, 6) is 0. The molecule has 7 heteroatoms. The summed E-state index contributed by atoms with van der Waals surface area (Å²) in [6, 6.07) is 8.53. The standard InChI is InChI=1S/C12H8ClN3O2S/c13-10-7-15-16(8-10)19(17,18)11-5-1-3-9-4-2-6-14-12(9)11/h1-8H. The molecule has 3 rings (SSSR count). The molecule has 0 N–H and O–H groups in total. The number of aromatic nitrogens is 3. The van der Waals surface area contributed by atoms with Gasteiger partial charge in [0.1, 0.15) is 4.90 Å². The third kappa shape index (κ3) is 1.98. The quantitative estimate of drug-likeness (QED) is 0.727. The summed E-state index contributed by atoms with van der Waals surface area (Å²) < 4.78 is 25.8. The molecule has 0 aliphatic rings. The van der Waals surface area contributed by atoms with E-state index in [1.165, 1.54) is 18.5 Å². The Morgan fingerprint density at radius 1 is 1.16 bits per heavy atom. The minimum atomic E-state index is -3.79. The number of nitrogens with zero attached hydrogens (tertiary/aromatic N) is 3. The van der Waals surface area contributed by atoms with Crippen molar-refractivity contribution in [3.63, 3.8) is 0 Å². The first-order valence-corrected chi connectivity index (χ1v) is 7.20. The number of pyridine rings is 1. The summed E-state index contributed by atoms with van der Waals surface area (Å²) in [6.07, 6.45) is 4.08. The molecule has 19 heavy (non-hydrogen) atoms. The van der Waals surface area contributed by atoms with Gasteiger partial charge in [-0.25, -0.2) is 0 Å². The third-order valence-corrected chi connectivity index (χ3v) is 4.42. The molecule has 0 saturated carbocycles. The zero-order valence-corrected chi connectivity index (χ0v) is 11.1. The third-order valence-electron chi connectivity index (χ3n) is 2.65. The fourth-order valence-corrected chi connectivity index (χ4v) is 3.29. The molecule has 0 radical (unpaired) electrons. The van der Waals surface area contributed by atoms with Crippen LogP contribution in [0.25, 0.3) is 10.9 Å². The minimum Gasteiger partial charge on any atom is -0.255 e. The first-order chi connectivity index (χ1) is 9.09. The molecule has 3 aromatic rings. The van der Waals surface area contributed by atoms with E-state index in [4.69, 9.17) is 11.6 Å². The van der Waals surface area contributed by atoms with E-state index in [9.17, 15) is 8.42 Å². The highest BCUT2D eigenvalue weighted by atomic mass is 35.5. The van der Waals surface area contributed by atoms with Gasteiger partial charge in [-0.3, -0.25) is 4.98 Å². The first-order valence-electron chi connectivity index (χ1n) is 5.38. The first kappa shape index (κ1) is 12.1. The molecule has 2 heterocycles. The number of para-hydroxylation sites is 1. The summed E-state index contributed by atoms with van der Waals surface area (Å²) in [6.45, 7) is 0. The van der Waals surface area contributed by atoms with Gasteiger partial charge in [-0.2, -0.15) is 17.6 Å². The van der Waals surface area contributed by atoms with Gasteiger partial charge in [0.05, 0.1) is 22.9 Å². The molecule has 0 unspecified atom stereocenters. The molecule has 0 atom stereocenters. The van der Waals surface area contributed by atoms with Crippen molar-refractivity contribution in [2.24, 2.45) is 0 Å². The van der Waals surface area contributed by atoms with E-state index >= 15 is 0 Å². The normalized spacial score (nSPS) is 11.8. The molecule has 0 aliphatic carbocycles. The highest BCUT2D eigenvalue weighted by Crippen LogP contribution is 2.23. The maximum atomic E-state index is 12.5. The Morgan fingerprint density at radius 3 is 2.68 bits per heavy atom. The molecule has 0 amide bonds. The van der Waals surface area contributed by atoms with Crippen LogP contribution in [0.15, 0.2) is 53.8 Å². The fourth-order valence-electron chi connectivity index (χ4n) is 1.80. The van der Waals surface area contributed by atoms with Crippen LogP contribution in [0.3, 0.4) is 0 Å². The second kappa shape index (κ2) is 4.32. The van der Waals surface area contributed by atoms with E-state index in [0.29, 0.717) is 5.52 Å². The Labute approximate surface area is 114 Å². The molecule has 0 saturated heterocycles. The van der Waals surface area contributed by atoms with E-state index in [2.05, 4.69) is 10.1 Å². The van der Waals surface area contributed by atoms with E-state index in [-0.39, 0.29) is 9.92 Å². The minimum absolute atomic E-state index is 0.102. The average molecular weight is 294 g/mol. The largest absolute Gasteiger partial charge is 0.285 e. The van der Waals surface area contributed by atoms with Crippen molar-refractivity contribution in [1.29, 1.82) is 0 Å². The van der Waals surface area contributed by atoms with Gasteiger partial charge in [-0.15, -0.1) is 0 Å². The summed E-state index contributed by atoms with van der Waals surface area (Å²) in [5, 5.41) is 4.75. The SMILES string of the molecule is O=S(=O)(c1cccc2cccnc12)n1cc(Cl)cn1. The van der Waals surface area contributed by atoms with E-state index in [1.807, 2.05) is 0 Å². The van der Waals surface area contributed by atoms with Crippen LogP contribution >= 0.6 is 11.6 Å². The number of halogens is 1. The van der Waals surface area contributed by atoms with Crippen molar-refractivity contribution in [2.45, 2.75) is 4.90 Å². The number of benzene rings is 1. The smallest absolute Gasteiger partial charge is 0.255 e.